The zero-order chi connectivity index (χ0) is 16.9. The molecule has 0 aliphatic carbocycles. The van der Waals surface area contributed by atoms with E-state index in [0.29, 0.717) is 18.0 Å². The van der Waals surface area contributed by atoms with Gasteiger partial charge in [-0.3, -0.25) is 9.59 Å². The highest BCUT2D eigenvalue weighted by Gasteiger charge is 2.24. The molecule has 0 aromatic heterocycles. The number of aryl methyl sites for hydroxylation is 1. The maximum atomic E-state index is 12.1. The zero-order valence-electron chi connectivity index (χ0n) is 13.9. The SMILES string of the molecule is Cc1ccc(C(=O)C(=O)NC[C@@H]2CCN(c3ccccc3)C2)cc1. The molecule has 3 rings (SSSR count). The summed E-state index contributed by atoms with van der Waals surface area (Å²) in [6.07, 6.45) is 1.02. The Hall–Kier alpha value is -2.62. The van der Waals surface area contributed by atoms with Crippen molar-refractivity contribution in [3.05, 3.63) is 65.7 Å². The number of ketones is 1. The van der Waals surface area contributed by atoms with E-state index in [1.807, 2.05) is 37.3 Å². The van der Waals surface area contributed by atoms with E-state index < -0.39 is 11.7 Å². The van der Waals surface area contributed by atoms with Crippen LogP contribution in [-0.4, -0.2) is 31.3 Å². The van der Waals surface area contributed by atoms with Gasteiger partial charge in [-0.25, -0.2) is 0 Å². The maximum Gasteiger partial charge on any atom is 0.292 e. The molecule has 0 bridgehead atoms. The molecule has 1 fully saturated rings. The fourth-order valence-electron chi connectivity index (χ4n) is 3.03. The van der Waals surface area contributed by atoms with Crippen LogP contribution in [0.25, 0.3) is 0 Å². The summed E-state index contributed by atoms with van der Waals surface area (Å²) < 4.78 is 0. The molecule has 0 saturated carbocycles. The van der Waals surface area contributed by atoms with Crippen LogP contribution in [0, 0.1) is 12.8 Å². The smallest absolute Gasteiger partial charge is 0.292 e. The summed E-state index contributed by atoms with van der Waals surface area (Å²) in [7, 11) is 0. The largest absolute Gasteiger partial charge is 0.371 e. The fraction of sp³-hybridized carbons (Fsp3) is 0.300. The molecule has 0 unspecified atom stereocenters. The molecule has 24 heavy (non-hydrogen) atoms. The lowest BCUT2D eigenvalue weighted by Gasteiger charge is -2.18. The minimum Gasteiger partial charge on any atom is -0.371 e. The average molecular weight is 322 g/mol. The van der Waals surface area contributed by atoms with E-state index in [1.54, 1.807) is 12.1 Å². The Bertz CT molecular complexity index is 710. The molecule has 1 heterocycles. The van der Waals surface area contributed by atoms with E-state index in [1.165, 1.54) is 5.69 Å². The molecule has 2 aromatic carbocycles. The predicted molar refractivity (Wildman–Crippen MR) is 95.3 cm³/mol. The lowest BCUT2D eigenvalue weighted by molar-refractivity contribution is -0.117. The molecule has 2 aromatic rings. The van der Waals surface area contributed by atoms with Crippen LogP contribution >= 0.6 is 0 Å². The van der Waals surface area contributed by atoms with Crippen molar-refractivity contribution in [2.45, 2.75) is 13.3 Å². The van der Waals surface area contributed by atoms with Crippen LogP contribution in [0.1, 0.15) is 22.3 Å². The van der Waals surface area contributed by atoms with Crippen LogP contribution in [0.5, 0.6) is 0 Å². The number of rotatable bonds is 5. The van der Waals surface area contributed by atoms with Crippen LogP contribution in [0.4, 0.5) is 5.69 Å². The number of hydrogen-bond donors (Lipinski definition) is 1. The molecule has 124 valence electrons. The van der Waals surface area contributed by atoms with E-state index in [9.17, 15) is 9.59 Å². The molecular weight excluding hydrogens is 300 g/mol. The number of anilines is 1. The normalized spacial score (nSPS) is 16.9. The average Bonchev–Trinajstić information content (AvgIpc) is 3.09. The standard InChI is InChI=1S/C20H22N2O2/c1-15-7-9-17(10-8-15)19(23)20(24)21-13-16-11-12-22(14-16)18-5-3-2-4-6-18/h2-10,16H,11-14H2,1H3,(H,21,24)/t16-/m0/s1. The third-order valence-corrected chi connectivity index (χ3v) is 4.48. The molecule has 1 aliphatic heterocycles. The zero-order valence-corrected chi connectivity index (χ0v) is 13.9. The second kappa shape index (κ2) is 7.30. The minimum absolute atomic E-state index is 0.375. The van der Waals surface area contributed by atoms with Crippen molar-refractivity contribution in [1.29, 1.82) is 0 Å². The molecular formula is C20H22N2O2. The van der Waals surface area contributed by atoms with Gasteiger partial charge in [-0.2, -0.15) is 0 Å². The number of carbonyl (C=O) groups is 2. The molecule has 4 heteroatoms. The lowest BCUT2D eigenvalue weighted by atomic mass is 10.1. The molecule has 1 N–H and O–H groups in total. The first-order valence-electron chi connectivity index (χ1n) is 8.32. The van der Waals surface area contributed by atoms with Gasteiger partial charge >= 0.3 is 0 Å². The fourth-order valence-corrected chi connectivity index (χ4v) is 3.03. The number of nitrogens with zero attached hydrogens (tertiary/aromatic N) is 1. The topological polar surface area (TPSA) is 49.4 Å². The van der Waals surface area contributed by atoms with Gasteiger partial charge in [0.15, 0.2) is 0 Å². The number of para-hydroxylation sites is 1. The summed E-state index contributed by atoms with van der Waals surface area (Å²) in [6, 6.07) is 17.4. The number of amides is 1. The molecule has 1 aliphatic rings. The van der Waals surface area contributed by atoms with Crippen molar-refractivity contribution < 1.29 is 9.59 Å². The van der Waals surface area contributed by atoms with E-state index in [4.69, 9.17) is 0 Å². The minimum atomic E-state index is -0.517. The van der Waals surface area contributed by atoms with Crippen LogP contribution < -0.4 is 10.2 Å². The highest BCUT2D eigenvalue weighted by atomic mass is 16.2. The second-order valence-corrected chi connectivity index (χ2v) is 6.34. The molecule has 0 spiro atoms. The third kappa shape index (κ3) is 3.82. The van der Waals surface area contributed by atoms with Gasteiger partial charge in [0.1, 0.15) is 0 Å². The van der Waals surface area contributed by atoms with Gasteiger partial charge in [0.05, 0.1) is 0 Å². The summed E-state index contributed by atoms with van der Waals surface area (Å²) in [6.45, 7) is 4.38. The van der Waals surface area contributed by atoms with Crippen molar-refractivity contribution >= 4 is 17.4 Å². The van der Waals surface area contributed by atoms with E-state index in [0.717, 1.165) is 25.1 Å². The van der Waals surface area contributed by atoms with Gasteiger partial charge in [0.25, 0.3) is 5.91 Å². The quantitative estimate of drug-likeness (QED) is 0.680. The van der Waals surface area contributed by atoms with Crippen molar-refractivity contribution in [1.82, 2.24) is 5.32 Å². The van der Waals surface area contributed by atoms with Gasteiger partial charge in [-0.1, -0.05) is 48.0 Å². The summed E-state index contributed by atoms with van der Waals surface area (Å²) >= 11 is 0. The van der Waals surface area contributed by atoms with Crippen molar-refractivity contribution in [2.75, 3.05) is 24.5 Å². The van der Waals surface area contributed by atoms with E-state index >= 15 is 0 Å². The number of benzene rings is 2. The highest BCUT2D eigenvalue weighted by Crippen LogP contribution is 2.22. The molecule has 1 amide bonds. The van der Waals surface area contributed by atoms with Crippen molar-refractivity contribution in [3.8, 4) is 0 Å². The van der Waals surface area contributed by atoms with Crippen molar-refractivity contribution in [3.63, 3.8) is 0 Å². The second-order valence-electron chi connectivity index (χ2n) is 6.34. The lowest BCUT2D eigenvalue weighted by Crippen LogP contribution is -2.35. The van der Waals surface area contributed by atoms with Gasteiger partial charge in [0.2, 0.25) is 5.78 Å². The number of carbonyl (C=O) groups excluding carboxylic acids is 2. The van der Waals surface area contributed by atoms with Gasteiger partial charge in [-0.05, 0) is 31.4 Å². The summed E-state index contributed by atoms with van der Waals surface area (Å²) in [5.41, 5.74) is 2.72. The number of hydrogen-bond acceptors (Lipinski definition) is 3. The Kier molecular flexibility index (Phi) is 4.94. The Balaban J connectivity index is 1.50. The van der Waals surface area contributed by atoms with Crippen LogP contribution in [0.15, 0.2) is 54.6 Å². The summed E-state index contributed by atoms with van der Waals surface area (Å²) in [5, 5.41) is 2.79. The molecule has 4 nitrogen and oxygen atoms in total. The monoisotopic (exact) mass is 322 g/mol. The summed E-state index contributed by atoms with van der Waals surface area (Å²) in [5.74, 6) is -0.607. The third-order valence-electron chi connectivity index (χ3n) is 4.48. The van der Waals surface area contributed by atoms with Gasteiger partial charge in [0, 0.05) is 30.9 Å². The number of nitrogens with one attached hydrogen (secondary N) is 1. The first-order chi connectivity index (χ1) is 11.6. The molecule has 1 saturated heterocycles. The number of Topliss-reactive ketones (excluding diaryl/α,β-unsaturated/α-hetero) is 1. The first-order valence-corrected chi connectivity index (χ1v) is 8.32. The van der Waals surface area contributed by atoms with E-state index in [2.05, 4.69) is 22.3 Å². The first kappa shape index (κ1) is 16.2. The summed E-state index contributed by atoms with van der Waals surface area (Å²) in [4.78, 5) is 26.5. The predicted octanol–water partition coefficient (Wildman–Crippen LogP) is 2.82. The van der Waals surface area contributed by atoms with Crippen LogP contribution in [0.2, 0.25) is 0 Å². The highest BCUT2D eigenvalue weighted by molar-refractivity contribution is 6.42. The Morgan fingerprint density at radius 1 is 1.08 bits per heavy atom. The van der Waals surface area contributed by atoms with Crippen LogP contribution in [-0.2, 0) is 4.79 Å². The Labute approximate surface area is 142 Å². The molecule has 1 atom stereocenters. The van der Waals surface area contributed by atoms with Gasteiger partial charge in [-0.15, -0.1) is 0 Å². The molecule has 0 radical (unpaired) electrons. The van der Waals surface area contributed by atoms with E-state index in [-0.39, 0.29) is 0 Å². The van der Waals surface area contributed by atoms with Gasteiger partial charge < -0.3 is 10.2 Å². The Morgan fingerprint density at radius 2 is 1.79 bits per heavy atom. The Morgan fingerprint density at radius 3 is 2.50 bits per heavy atom. The maximum absolute atomic E-state index is 12.1. The van der Waals surface area contributed by atoms with Crippen molar-refractivity contribution in [2.24, 2.45) is 5.92 Å². The van der Waals surface area contributed by atoms with Crippen LogP contribution in [0.3, 0.4) is 0 Å².